The minimum Gasteiger partial charge on any atom is -0.326 e. The molecule has 0 spiro atoms. The SMILES string of the molecule is CNC(C)c1ccc(NC(=O)C2CCC2)cc1. The van der Waals surface area contributed by atoms with Crippen molar-refractivity contribution in [1.82, 2.24) is 5.32 Å². The third-order valence-corrected chi connectivity index (χ3v) is 3.59. The summed E-state index contributed by atoms with van der Waals surface area (Å²) in [6.45, 7) is 2.11. The first-order valence-electron chi connectivity index (χ1n) is 6.29. The highest BCUT2D eigenvalue weighted by Crippen LogP contribution is 2.27. The molecule has 3 nitrogen and oxygen atoms in total. The van der Waals surface area contributed by atoms with Gasteiger partial charge in [0.1, 0.15) is 0 Å². The van der Waals surface area contributed by atoms with Gasteiger partial charge < -0.3 is 10.6 Å². The lowest BCUT2D eigenvalue weighted by atomic mass is 9.85. The highest BCUT2D eigenvalue weighted by molar-refractivity contribution is 5.92. The van der Waals surface area contributed by atoms with E-state index in [1.165, 1.54) is 12.0 Å². The molecule has 0 aromatic heterocycles. The fourth-order valence-corrected chi connectivity index (χ4v) is 1.94. The van der Waals surface area contributed by atoms with Crippen LogP contribution in [0.2, 0.25) is 0 Å². The fraction of sp³-hybridized carbons (Fsp3) is 0.500. The molecule has 2 N–H and O–H groups in total. The second-order valence-electron chi connectivity index (χ2n) is 4.75. The Bertz CT molecular complexity index is 382. The molecule has 1 aliphatic rings. The van der Waals surface area contributed by atoms with Crippen molar-refractivity contribution in [3.63, 3.8) is 0 Å². The monoisotopic (exact) mass is 232 g/mol. The molecule has 0 heterocycles. The van der Waals surface area contributed by atoms with E-state index in [1.54, 1.807) is 0 Å². The van der Waals surface area contributed by atoms with E-state index < -0.39 is 0 Å². The van der Waals surface area contributed by atoms with E-state index in [2.05, 4.69) is 29.7 Å². The minimum atomic E-state index is 0.172. The summed E-state index contributed by atoms with van der Waals surface area (Å²) in [5.41, 5.74) is 2.13. The summed E-state index contributed by atoms with van der Waals surface area (Å²) in [4.78, 5) is 11.7. The number of amides is 1. The van der Waals surface area contributed by atoms with E-state index in [1.807, 2.05) is 19.2 Å². The molecule has 0 aliphatic heterocycles. The molecule has 3 heteroatoms. The molecule has 0 saturated heterocycles. The van der Waals surface area contributed by atoms with Crippen molar-refractivity contribution in [1.29, 1.82) is 0 Å². The van der Waals surface area contributed by atoms with Crippen molar-refractivity contribution in [3.05, 3.63) is 29.8 Å². The predicted octanol–water partition coefficient (Wildman–Crippen LogP) is 2.71. The molecule has 1 saturated carbocycles. The quantitative estimate of drug-likeness (QED) is 0.838. The summed E-state index contributed by atoms with van der Waals surface area (Å²) in [5.74, 6) is 0.413. The van der Waals surface area contributed by atoms with Crippen LogP contribution in [-0.4, -0.2) is 13.0 Å². The van der Waals surface area contributed by atoms with Crippen LogP contribution in [0, 0.1) is 5.92 Å². The smallest absolute Gasteiger partial charge is 0.227 e. The van der Waals surface area contributed by atoms with E-state index >= 15 is 0 Å². The van der Waals surface area contributed by atoms with Gasteiger partial charge in [0.2, 0.25) is 5.91 Å². The van der Waals surface area contributed by atoms with Crippen molar-refractivity contribution >= 4 is 11.6 Å². The van der Waals surface area contributed by atoms with Crippen LogP contribution < -0.4 is 10.6 Å². The Balaban J connectivity index is 1.95. The first-order valence-corrected chi connectivity index (χ1v) is 6.29. The van der Waals surface area contributed by atoms with Gasteiger partial charge in [-0.3, -0.25) is 4.79 Å². The van der Waals surface area contributed by atoms with Crippen LogP contribution in [0.4, 0.5) is 5.69 Å². The zero-order valence-electron chi connectivity index (χ0n) is 10.5. The summed E-state index contributed by atoms with van der Waals surface area (Å²) in [6, 6.07) is 8.39. The van der Waals surface area contributed by atoms with Crippen molar-refractivity contribution in [2.24, 2.45) is 5.92 Å². The summed E-state index contributed by atoms with van der Waals surface area (Å²) < 4.78 is 0. The number of hydrogen-bond acceptors (Lipinski definition) is 2. The lowest BCUT2D eigenvalue weighted by Gasteiger charge is -2.24. The molecule has 1 aromatic carbocycles. The second kappa shape index (κ2) is 5.32. The lowest BCUT2D eigenvalue weighted by molar-refractivity contribution is -0.122. The van der Waals surface area contributed by atoms with Crippen LogP contribution >= 0.6 is 0 Å². The maximum atomic E-state index is 11.7. The van der Waals surface area contributed by atoms with Gasteiger partial charge in [-0.25, -0.2) is 0 Å². The van der Waals surface area contributed by atoms with Gasteiger partial charge in [-0.15, -0.1) is 0 Å². The Morgan fingerprint density at radius 3 is 2.41 bits per heavy atom. The molecule has 0 bridgehead atoms. The van der Waals surface area contributed by atoms with E-state index in [0.717, 1.165) is 18.5 Å². The number of nitrogens with one attached hydrogen (secondary N) is 2. The zero-order chi connectivity index (χ0) is 12.3. The van der Waals surface area contributed by atoms with E-state index in [0.29, 0.717) is 6.04 Å². The lowest BCUT2D eigenvalue weighted by Crippen LogP contribution is -2.28. The molecular weight excluding hydrogens is 212 g/mol. The summed E-state index contributed by atoms with van der Waals surface area (Å²) in [7, 11) is 1.94. The van der Waals surface area contributed by atoms with Gasteiger partial charge in [0.05, 0.1) is 0 Å². The first kappa shape index (κ1) is 12.1. The van der Waals surface area contributed by atoms with Crippen LogP contribution in [0.1, 0.15) is 37.8 Å². The molecule has 1 atom stereocenters. The van der Waals surface area contributed by atoms with Gasteiger partial charge in [-0.05, 0) is 44.5 Å². The number of carbonyl (C=O) groups is 1. The largest absolute Gasteiger partial charge is 0.326 e. The summed E-state index contributed by atoms with van der Waals surface area (Å²) >= 11 is 0. The van der Waals surface area contributed by atoms with Crippen molar-refractivity contribution in [2.45, 2.75) is 32.2 Å². The van der Waals surface area contributed by atoms with Crippen molar-refractivity contribution < 1.29 is 4.79 Å². The molecule has 17 heavy (non-hydrogen) atoms. The third-order valence-electron chi connectivity index (χ3n) is 3.59. The number of benzene rings is 1. The molecule has 92 valence electrons. The normalized spacial score (nSPS) is 17.3. The summed E-state index contributed by atoms with van der Waals surface area (Å²) in [5, 5.41) is 6.16. The van der Waals surface area contributed by atoms with Gasteiger partial charge >= 0.3 is 0 Å². The highest BCUT2D eigenvalue weighted by Gasteiger charge is 2.24. The minimum absolute atomic E-state index is 0.172. The highest BCUT2D eigenvalue weighted by atomic mass is 16.1. The Morgan fingerprint density at radius 2 is 1.94 bits per heavy atom. The Morgan fingerprint density at radius 1 is 1.29 bits per heavy atom. The van der Waals surface area contributed by atoms with Gasteiger partial charge in [0, 0.05) is 17.6 Å². The van der Waals surface area contributed by atoms with Crippen LogP contribution in [0.5, 0.6) is 0 Å². The average molecular weight is 232 g/mol. The maximum Gasteiger partial charge on any atom is 0.227 e. The van der Waals surface area contributed by atoms with Crippen LogP contribution in [-0.2, 0) is 4.79 Å². The average Bonchev–Trinajstić information content (AvgIpc) is 2.26. The van der Waals surface area contributed by atoms with Crippen LogP contribution in [0.25, 0.3) is 0 Å². The van der Waals surface area contributed by atoms with Crippen molar-refractivity contribution in [3.8, 4) is 0 Å². The van der Waals surface area contributed by atoms with E-state index in [4.69, 9.17) is 0 Å². The van der Waals surface area contributed by atoms with Gasteiger partial charge in [-0.2, -0.15) is 0 Å². The molecule has 1 aliphatic carbocycles. The summed E-state index contributed by atoms with van der Waals surface area (Å²) in [6.07, 6.45) is 3.28. The molecule has 1 aromatic rings. The number of rotatable bonds is 4. The Labute approximate surface area is 103 Å². The van der Waals surface area contributed by atoms with E-state index in [-0.39, 0.29) is 11.8 Å². The Kier molecular flexibility index (Phi) is 3.79. The van der Waals surface area contributed by atoms with Gasteiger partial charge in [-0.1, -0.05) is 18.6 Å². The maximum absolute atomic E-state index is 11.7. The fourth-order valence-electron chi connectivity index (χ4n) is 1.94. The molecule has 1 amide bonds. The molecule has 0 radical (unpaired) electrons. The van der Waals surface area contributed by atoms with Crippen LogP contribution in [0.15, 0.2) is 24.3 Å². The first-order chi connectivity index (χ1) is 8.20. The number of anilines is 1. The molecular formula is C14H20N2O. The van der Waals surface area contributed by atoms with Crippen LogP contribution in [0.3, 0.4) is 0 Å². The third kappa shape index (κ3) is 2.86. The van der Waals surface area contributed by atoms with Gasteiger partial charge in [0.25, 0.3) is 0 Å². The standard InChI is InChI=1S/C14H20N2O/c1-10(15-2)11-6-8-13(9-7-11)16-14(17)12-4-3-5-12/h6-10,12,15H,3-5H2,1-2H3,(H,16,17). The topological polar surface area (TPSA) is 41.1 Å². The Hall–Kier alpha value is -1.35. The predicted molar refractivity (Wildman–Crippen MR) is 69.9 cm³/mol. The molecule has 1 unspecified atom stereocenters. The second-order valence-corrected chi connectivity index (χ2v) is 4.75. The van der Waals surface area contributed by atoms with E-state index in [9.17, 15) is 4.79 Å². The van der Waals surface area contributed by atoms with Gasteiger partial charge in [0.15, 0.2) is 0 Å². The van der Waals surface area contributed by atoms with Crippen molar-refractivity contribution in [2.75, 3.05) is 12.4 Å². The number of hydrogen-bond donors (Lipinski definition) is 2. The molecule has 2 rings (SSSR count). The number of carbonyl (C=O) groups excluding carboxylic acids is 1. The zero-order valence-corrected chi connectivity index (χ0v) is 10.5. The molecule has 1 fully saturated rings.